The molecule has 6 nitrogen and oxygen atoms in total. The Balaban J connectivity index is 2.28. The van der Waals surface area contributed by atoms with Gasteiger partial charge in [0.15, 0.2) is 21.5 Å². The summed E-state index contributed by atoms with van der Waals surface area (Å²) in [6.45, 7) is -0.105. The van der Waals surface area contributed by atoms with Gasteiger partial charge in [-0.1, -0.05) is 29.0 Å². The van der Waals surface area contributed by atoms with Gasteiger partial charge in [0.05, 0.1) is 20.8 Å². The number of aliphatic hydroxyl groups excluding tert-OH is 1. The average Bonchev–Trinajstić information content (AvgIpc) is 2.87. The number of hydrogen-bond donors (Lipinski definition) is 1. The number of ether oxygens (including phenoxy) is 3. The molecular weight excluding hydrogens is 318 g/mol. The number of nitrogens with zero attached hydrogens (tertiary/aromatic N) is 1. The number of thiazole rings is 1. The molecule has 1 heterocycles. The maximum atomic E-state index is 11.5. The summed E-state index contributed by atoms with van der Waals surface area (Å²) in [4.78, 5) is 15.6. The van der Waals surface area contributed by atoms with E-state index in [2.05, 4.69) is 9.72 Å². The zero-order chi connectivity index (χ0) is 15.4. The summed E-state index contributed by atoms with van der Waals surface area (Å²) in [5, 5.41) is 9.30. The smallest absolute Gasteiger partial charge is 0.351 e. The van der Waals surface area contributed by atoms with Crippen LogP contribution in [0.2, 0.25) is 5.15 Å². The van der Waals surface area contributed by atoms with Crippen molar-refractivity contribution in [3.63, 3.8) is 0 Å². The van der Waals surface area contributed by atoms with Crippen molar-refractivity contribution in [1.29, 1.82) is 0 Å². The Hall–Kier alpha value is -1.83. The van der Waals surface area contributed by atoms with E-state index in [0.29, 0.717) is 17.1 Å². The predicted molar refractivity (Wildman–Crippen MR) is 77.5 cm³/mol. The summed E-state index contributed by atoms with van der Waals surface area (Å²) in [5.74, 6) is 0.263. The van der Waals surface area contributed by atoms with E-state index < -0.39 is 5.97 Å². The molecule has 2 rings (SSSR count). The SMILES string of the molecule is COC(=O)c1sc(Oc2ccc(CO)cc2OC)nc1Cl. The number of carbonyl (C=O) groups excluding carboxylic acids is 1. The molecule has 0 aliphatic heterocycles. The number of methoxy groups -OCH3 is 2. The van der Waals surface area contributed by atoms with E-state index in [1.807, 2.05) is 0 Å². The summed E-state index contributed by atoms with van der Waals surface area (Å²) < 4.78 is 15.3. The van der Waals surface area contributed by atoms with Gasteiger partial charge in [-0.05, 0) is 17.7 Å². The minimum Gasteiger partial charge on any atom is -0.493 e. The molecular formula is C13H12ClNO5S. The molecule has 8 heteroatoms. The lowest BCUT2D eigenvalue weighted by molar-refractivity contribution is 0.0606. The molecule has 2 aromatic rings. The Bertz CT molecular complexity index is 658. The van der Waals surface area contributed by atoms with Crippen LogP contribution in [0.15, 0.2) is 18.2 Å². The fourth-order valence-corrected chi connectivity index (χ4v) is 2.59. The standard InChI is InChI=1S/C13H12ClNO5S/c1-18-9-5-7(6-16)3-4-8(9)20-13-15-11(14)10(21-13)12(17)19-2/h3-5,16H,6H2,1-2H3. The first kappa shape index (κ1) is 15.6. The summed E-state index contributed by atoms with van der Waals surface area (Å²) in [6, 6.07) is 4.97. The second-order valence-electron chi connectivity index (χ2n) is 3.84. The average molecular weight is 330 g/mol. The second kappa shape index (κ2) is 6.75. The highest BCUT2D eigenvalue weighted by molar-refractivity contribution is 7.15. The molecule has 21 heavy (non-hydrogen) atoms. The number of halogens is 1. The lowest BCUT2D eigenvalue weighted by Crippen LogP contribution is -1.98. The van der Waals surface area contributed by atoms with Gasteiger partial charge in [-0.3, -0.25) is 0 Å². The number of carbonyl (C=O) groups is 1. The monoisotopic (exact) mass is 329 g/mol. The Morgan fingerprint density at radius 2 is 2.14 bits per heavy atom. The fourth-order valence-electron chi connectivity index (χ4n) is 1.53. The number of hydrogen-bond acceptors (Lipinski definition) is 7. The topological polar surface area (TPSA) is 77.9 Å². The highest BCUT2D eigenvalue weighted by atomic mass is 35.5. The van der Waals surface area contributed by atoms with Gasteiger partial charge < -0.3 is 19.3 Å². The quantitative estimate of drug-likeness (QED) is 0.850. The molecule has 0 bridgehead atoms. The maximum absolute atomic E-state index is 11.5. The molecule has 1 aromatic heterocycles. The van der Waals surface area contributed by atoms with Crippen LogP contribution in [-0.4, -0.2) is 30.3 Å². The van der Waals surface area contributed by atoms with E-state index in [1.54, 1.807) is 18.2 Å². The van der Waals surface area contributed by atoms with Crippen LogP contribution in [0.4, 0.5) is 0 Å². The number of aromatic nitrogens is 1. The predicted octanol–water partition coefficient (Wildman–Crippen LogP) is 2.88. The van der Waals surface area contributed by atoms with Crippen molar-refractivity contribution in [2.45, 2.75) is 6.61 Å². The minimum atomic E-state index is -0.574. The third-order valence-electron chi connectivity index (χ3n) is 2.54. The van der Waals surface area contributed by atoms with Crippen LogP contribution in [0.3, 0.4) is 0 Å². The maximum Gasteiger partial charge on any atom is 0.351 e. The van der Waals surface area contributed by atoms with Crippen LogP contribution in [0.1, 0.15) is 15.2 Å². The van der Waals surface area contributed by atoms with Crippen molar-refractivity contribution >= 4 is 28.9 Å². The molecule has 1 aromatic carbocycles. The fraction of sp³-hybridized carbons (Fsp3) is 0.231. The van der Waals surface area contributed by atoms with Crippen LogP contribution in [0, 0.1) is 0 Å². The molecule has 0 atom stereocenters. The van der Waals surface area contributed by atoms with Gasteiger partial charge >= 0.3 is 5.97 Å². The molecule has 0 spiro atoms. The van der Waals surface area contributed by atoms with Gasteiger partial charge in [-0.25, -0.2) is 4.79 Å². The molecule has 0 saturated carbocycles. The minimum absolute atomic E-state index is 0.0211. The van der Waals surface area contributed by atoms with E-state index in [0.717, 1.165) is 11.3 Å². The number of benzene rings is 1. The third-order valence-corrected chi connectivity index (χ3v) is 3.84. The van der Waals surface area contributed by atoms with Gasteiger partial charge in [0.1, 0.15) is 0 Å². The zero-order valence-electron chi connectivity index (χ0n) is 11.3. The second-order valence-corrected chi connectivity index (χ2v) is 5.16. The normalized spacial score (nSPS) is 10.3. The van der Waals surface area contributed by atoms with E-state index in [1.165, 1.54) is 14.2 Å². The van der Waals surface area contributed by atoms with Crippen LogP contribution in [0.25, 0.3) is 0 Å². The van der Waals surface area contributed by atoms with Crippen molar-refractivity contribution in [3.8, 4) is 16.7 Å². The van der Waals surface area contributed by atoms with E-state index in [-0.39, 0.29) is 21.8 Å². The highest BCUT2D eigenvalue weighted by Gasteiger charge is 2.19. The first-order valence-electron chi connectivity index (χ1n) is 5.79. The number of rotatable bonds is 5. The van der Waals surface area contributed by atoms with Crippen molar-refractivity contribution in [1.82, 2.24) is 4.98 Å². The van der Waals surface area contributed by atoms with Crippen molar-refractivity contribution in [3.05, 3.63) is 33.8 Å². The number of esters is 1. The lowest BCUT2D eigenvalue weighted by atomic mass is 10.2. The van der Waals surface area contributed by atoms with Crippen LogP contribution >= 0.6 is 22.9 Å². The van der Waals surface area contributed by atoms with Crippen molar-refractivity contribution in [2.24, 2.45) is 0 Å². The summed E-state index contributed by atoms with van der Waals surface area (Å²) in [7, 11) is 2.74. The highest BCUT2D eigenvalue weighted by Crippen LogP contribution is 2.36. The Kier molecular flexibility index (Phi) is 5.00. The zero-order valence-corrected chi connectivity index (χ0v) is 12.8. The Morgan fingerprint density at radius 1 is 1.38 bits per heavy atom. The third kappa shape index (κ3) is 3.44. The Morgan fingerprint density at radius 3 is 2.76 bits per heavy atom. The first-order chi connectivity index (χ1) is 10.1. The van der Waals surface area contributed by atoms with Crippen LogP contribution in [0.5, 0.6) is 16.7 Å². The van der Waals surface area contributed by atoms with Crippen LogP contribution < -0.4 is 9.47 Å². The molecule has 0 unspecified atom stereocenters. The largest absolute Gasteiger partial charge is 0.493 e. The molecule has 0 amide bonds. The van der Waals surface area contributed by atoms with Crippen molar-refractivity contribution in [2.75, 3.05) is 14.2 Å². The Labute approximate surface area is 129 Å². The van der Waals surface area contributed by atoms with E-state index in [4.69, 9.17) is 26.2 Å². The summed E-state index contributed by atoms with van der Waals surface area (Å²) in [6.07, 6.45) is 0. The van der Waals surface area contributed by atoms with E-state index in [9.17, 15) is 4.79 Å². The molecule has 0 aliphatic carbocycles. The lowest BCUT2D eigenvalue weighted by Gasteiger charge is -2.09. The van der Waals surface area contributed by atoms with Gasteiger partial charge in [-0.15, -0.1) is 0 Å². The molecule has 112 valence electrons. The van der Waals surface area contributed by atoms with E-state index >= 15 is 0 Å². The molecule has 0 aliphatic rings. The number of aliphatic hydroxyl groups is 1. The van der Waals surface area contributed by atoms with Gasteiger partial charge in [-0.2, -0.15) is 4.98 Å². The molecule has 0 fully saturated rings. The summed E-state index contributed by atoms with van der Waals surface area (Å²) in [5.41, 5.74) is 0.687. The van der Waals surface area contributed by atoms with Gasteiger partial charge in [0.25, 0.3) is 5.19 Å². The summed E-state index contributed by atoms with van der Waals surface area (Å²) >= 11 is 6.83. The first-order valence-corrected chi connectivity index (χ1v) is 6.98. The molecule has 0 saturated heterocycles. The van der Waals surface area contributed by atoms with Gasteiger partial charge in [0.2, 0.25) is 0 Å². The van der Waals surface area contributed by atoms with Gasteiger partial charge in [0, 0.05) is 0 Å². The molecule has 1 N–H and O–H groups in total. The molecule has 0 radical (unpaired) electrons. The van der Waals surface area contributed by atoms with Crippen molar-refractivity contribution < 1.29 is 24.1 Å². The van der Waals surface area contributed by atoms with Crippen LogP contribution in [-0.2, 0) is 11.3 Å².